The first-order valence-corrected chi connectivity index (χ1v) is 10.0. The van der Waals surface area contributed by atoms with E-state index in [2.05, 4.69) is 10.2 Å². The maximum absolute atomic E-state index is 12.9. The van der Waals surface area contributed by atoms with Crippen molar-refractivity contribution in [3.8, 4) is 0 Å². The van der Waals surface area contributed by atoms with Crippen molar-refractivity contribution in [2.24, 2.45) is 0 Å². The molecule has 2 amide bonds. The minimum Gasteiger partial charge on any atom is -0.373 e. The Bertz CT molecular complexity index is 845. The Morgan fingerprint density at radius 3 is 2.68 bits per heavy atom. The van der Waals surface area contributed by atoms with Crippen molar-refractivity contribution >= 4 is 40.7 Å². The zero-order chi connectivity index (χ0) is 20.1. The number of hydrogen-bond acceptors (Lipinski definition) is 3. The molecule has 1 atom stereocenters. The van der Waals surface area contributed by atoms with Crippen LogP contribution in [-0.4, -0.2) is 49.4 Å². The van der Waals surface area contributed by atoms with E-state index in [4.69, 9.17) is 23.2 Å². The number of benzene rings is 2. The zero-order valence-electron chi connectivity index (χ0n) is 15.7. The molecule has 148 valence electrons. The van der Waals surface area contributed by atoms with Gasteiger partial charge in [-0.3, -0.25) is 9.59 Å². The Morgan fingerprint density at radius 2 is 1.93 bits per heavy atom. The number of rotatable bonds is 6. The summed E-state index contributed by atoms with van der Waals surface area (Å²) >= 11 is 12.2. The number of anilines is 1. The van der Waals surface area contributed by atoms with Gasteiger partial charge in [0.2, 0.25) is 5.91 Å². The normalized spacial score (nSPS) is 16.1. The summed E-state index contributed by atoms with van der Waals surface area (Å²) < 4.78 is 0. The second-order valence-electron chi connectivity index (χ2n) is 6.83. The van der Waals surface area contributed by atoms with Crippen LogP contribution in [0, 0.1) is 0 Å². The number of para-hydroxylation sites is 1. The van der Waals surface area contributed by atoms with Gasteiger partial charge in [-0.05, 0) is 43.2 Å². The zero-order valence-corrected chi connectivity index (χ0v) is 17.2. The lowest BCUT2D eigenvalue weighted by molar-refractivity contribution is -0.124. The van der Waals surface area contributed by atoms with Gasteiger partial charge in [0.05, 0.1) is 10.6 Å². The highest BCUT2D eigenvalue weighted by atomic mass is 35.5. The van der Waals surface area contributed by atoms with Crippen LogP contribution in [0.1, 0.15) is 23.2 Å². The van der Waals surface area contributed by atoms with Crippen molar-refractivity contribution in [3.05, 3.63) is 64.1 Å². The van der Waals surface area contributed by atoms with Gasteiger partial charge in [-0.2, -0.15) is 0 Å². The Kier molecular flexibility index (Phi) is 6.81. The predicted octanol–water partition coefficient (Wildman–Crippen LogP) is 3.85. The molecule has 1 fully saturated rings. The molecule has 2 aromatic rings. The lowest BCUT2D eigenvalue weighted by Crippen LogP contribution is -2.47. The number of halogens is 2. The summed E-state index contributed by atoms with van der Waals surface area (Å²) in [5, 5.41) is 3.73. The third kappa shape index (κ3) is 4.78. The van der Waals surface area contributed by atoms with Crippen molar-refractivity contribution in [1.82, 2.24) is 10.2 Å². The number of amides is 2. The van der Waals surface area contributed by atoms with Gasteiger partial charge in [0.1, 0.15) is 6.04 Å². The molecular weight excluding hydrogens is 397 g/mol. The topological polar surface area (TPSA) is 52.7 Å². The van der Waals surface area contributed by atoms with Crippen LogP contribution >= 0.6 is 23.2 Å². The SMILES string of the molecule is CN(CCNC(=O)C1CCCN1C(=O)c1cc(Cl)ccc1Cl)c1ccccc1. The number of carbonyl (C=O) groups excluding carboxylic acids is 2. The molecule has 0 saturated carbocycles. The minimum atomic E-state index is -0.482. The molecule has 2 aromatic carbocycles. The average molecular weight is 420 g/mol. The Labute approximate surface area is 175 Å². The molecule has 1 aliphatic heterocycles. The molecule has 1 aliphatic rings. The molecule has 5 nitrogen and oxygen atoms in total. The second kappa shape index (κ2) is 9.30. The summed E-state index contributed by atoms with van der Waals surface area (Å²) in [6.07, 6.45) is 1.43. The fourth-order valence-electron chi connectivity index (χ4n) is 3.37. The van der Waals surface area contributed by atoms with Crippen molar-refractivity contribution in [3.63, 3.8) is 0 Å². The van der Waals surface area contributed by atoms with E-state index in [1.807, 2.05) is 37.4 Å². The van der Waals surface area contributed by atoms with Crippen molar-refractivity contribution < 1.29 is 9.59 Å². The van der Waals surface area contributed by atoms with Gasteiger partial charge in [-0.25, -0.2) is 0 Å². The molecule has 0 radical (unpaired) electrons. The molecule has 1 N–H and O–H groups in total. The molecule has 1 unspecified atom stereocenters. The first-order chi connectivity index (χ1) is 13.5. The van der Waals surface area contributed by atoms with E-state index >= 15 is 0 Å². The molecule has 0 aliphatic carbocycles. The number of likely N-dealkylation sites (N-methyl/N-ethyl adjacent to an activating group) is 1. The van der Waals surface area contributed by atoms with Crippen LogP contribution in [0.3, 0.4) is 0 Å². The molecule has 3 rings (SSSR count). The largest absolute Gasteiger partial charge is 0.373 e. The summed E-state index contributed by atoms with van der Waals surface area (Å²) in [4.78, 5) is 29.2. The molecule has 1 saturated heterocycles. The van der Waals surface area contributed by atoms with Crippen molar-refractivity contribution in [2.75, 3.05) is 31.6 Å². The fourth-order valence-corrected chi connectivity index (χ4v) is 3.75. The lowest BCUT2D eigenvalue weighted by Gasteiger charge is -2.25. The Hall–Kier alpha value is -2.24. The second-order valence-corrected chi connectivity index (χ2v) is 7.67. The number of carbonyl (C=O) groups is 2. The van der Waals surface area contributed by atoms with Crippen LogP contribution in [0.5, 0.6) is 0 Å². The maximum Gasteiger partial charge on any atom is 0.256 e. The first kappa shape index (κ1) is 20.5. The summed E-state index contributed by atoms with van der Waals surface area (Å²) in [6.45, 7) is 1.71. The molecular formula is C21H23Cl2N3O2. The smallest absolute Gasteiger partial charge is 0.256 e. The number of likely N-dealkylation sites (tertiary alicyclic amines) is 1. The van der Waals surface area contributed by atoms with Crippen LogP contribution < -0.4 is 10.2 Å². The summed E-state index contributed by atoms with van der Waals surface area (Å²) in [6, 6.07) is 14.3. The van der Waals surface area contributed by atoms with E-state index in [0.29, 0.717) is 41.7 Å². The molecule has 28 heavy (non-hydrogen) atoms. The highest BCUT2D eigenvalue weighted by Crippen LogP contribution is 2.26. The van der Waals surface area contributed by atoms with Crippen LogP contribution in [0.4, 0.5) is 5.69 Å². The van der Waals surface area contributed by atoms with Crippen LogP contribution in [-0.2, 0) is 4.79 Å². The van der Waals surface area contributed by atoms with E-state index in [1.165, 1.54) is 0 Å². The third-order valence-electron chi connectivity index (χ3n) is 4.92. The maximum atomic E-state index is 12.9. The molecule has 7 heteroatoms. The van der Waals surface area contributed by atoms with Gasteiger partial charge in [0, 0.05) is 37.4 Å². The molecule has 0 aromatic heterocycles. The quantitative estimate of drug-likeness (QED) is 0.773. The van der Waals surface area contributed by atoms with Crippen molar-refractivity contribution in [1.29, 1.82) is 0 Å². The average Bonchev–Trinajstić information content (AvgIpc) is 3.19. The summed E-state index contributed by atoms with van der Waals surface area (Å²) in [5.74, 6) is -0.392. The van der Waals surface area contributed by atoms with Gasteiger partial charge >= 0.3 is 0 Å². The first-order valence-electron chi connectivity index (χ1n) is 9.27. The van der Waals surface area contributed by atoms with Gasteiger partial charge < -0.3 is 15.1 Å². The van der Waals surface area contributed by atoms with E-state index in [-0.39, 0.29) is 11.8 Å². The van der Waals surface area contributed by atoms with Crippen LogP contribution in [0.15, 0.2) is 48.5 Å². The van der Waals surface area contributed by atoms with E-state index in [0.717, 1.165) is 12.1 Å². The minimum absolute atomic E-state index is 0.134. The Balaban J connectivity index is 1.58. The highest BCUT2D eigenvalue weighted by Gasteiger charge is 2.35. The molecule has 0 spiro atoms. The van der Waals surface area contributed by atoms with Gasteiger partial charge in [0.25, 0.3) is 5.91 Å². The van der Waals surface area contributed by atoms with E-state index in [9.17, 15) is 9.59 Å². The molecule has 1 heterocycles. The monoisotopic (exact) mass is 419 g/mol. The fraction of sp³-hybridized carbons (Fsp3) is 0.333. The summed E-state index contributed by atoms with van der Waals surface area (Å²) in [5.41, 5.74) is 1.42. The van der Waals surface area contributed by atoms with E-state index < -0.39 is 6.04 Å². The standard InChI is InChI=1S/C21H23Cl2N3O2/c1-25(16-6-3-2-4-7-16)13-11-24-20(27)19-8-5-12-26(19)21(28)17-14-15(22)9-10-18(17)23/h2-4,6-7,9-10,14,19H,5,8,11-13H2,1H3,(H,24,27). The Morgan fingerprint density at radius 1 is 1.18 bits per heavy atom. The molecule has 0 bridgehead atoms. The lowest BCUT2D eigenvalue weighted by atomic mass is 10.1. The highest BCUT2D eigenvalue weighted by molar-refractivity contribution is 6.35. The van der Waals surface area contributed by atoms with Crippen LogP contribution in [0.25, 0.3) is 0 Å². The third-order valence-corrected chi connectivity index (χ3v) is 5.48. The number of nitrogens with one attached hydrogen (secondary N) is 1. The number of nitrogens with zero attached hydrogens (tertiary/aromatic N) is 2. The van der Waals surface area contributed by atoms with Gasteiger partial charge in [-0.15, -0.1) is 0 Å². The summed E-state index contributed by atoms with van der Waals surface area (Å²) in [7, 11) is 1.98. The predicted molar refractivity (Wildman–Crippen MR) is 113 cm³/mol. The van der Waals surface area contributed by atoms with Gasteiger partial charge in [-0.1, -0.05) is 41.4 Å². The van der Waals surface area contributed by atoms with Crippen LogP contribution in [0.2, 0.25) is 10.0 Å². The van der Waals surface area contributed by atoms with Crippen molar-refractivity contribution in [2.45, 2.75) is 18.9 Å². The van der Waals surface area contributed by atoms with Gasteiger partial charge in [0.15, 0.2) is 0 Å². The van der Waals surface area contributed by atoms with E-state index in [1.54, 1.807) is 23.1 Å². The number of hydrogen-bond donors (Lipinski definition) is 1.